The van der Waals surface area contributed by atoms with E-state index in [0.29, 0.717) is 0 Å². The Morgan fingerprint density at radius 2 is 2.00 bits per heavy atom. The average Bonchev–Trinajstić information content (AvgIpc) is 2.21. The molecule has 1 aromatic carbocycles. The summed E-state index contributed by atoms with van der Waals surface area (Å²) < 4.78 is 37.6. The van der Waals surface area contributed by atoms with Crippen LogP contribution in [-0.4, -0.2) is 11.0 Å². The molecule has 7 heteroatoms. The third-order valence-electron chi connectivity index (χ3n) is 2.99. The molecule has 18 heavy (non-hydrogen) atoms. The maximum Gasteiger partial charge on any atom is 0.416 e. The molecule has 0 amide bonds. The predicted molar refractivity (Wildman–Crippen MR) is 59.4 cm³/mol. The molecule has 0 radical (unpaired) electrons. The predicted octanol–water partition coefficient (Wildman–Crippen LogP) is 3.58. The normalized spacial score (nSPS) is 16.2. The van der Waals surface area contributed by atoms with Gasteiger partial charge in [-0.05, 0) is 31.4 Å². The summed E-state index contributed by atoms with van der Waals surface area (Å²) in [4.78, 5) is 10.1. The fourth-order valence-electron chi connectivity index (χ4n) is 1.76. The van der Waals surface area contributed by atoms with E-state index in [4.69, 9.17) is 0 Å². The number of anilines is 1. The molecule has 1 aromatic rings. The second-order valence-electron chi connectivity index (χ2n) is 4.26. The van der Waals surface area contributed by atoms with Crippen LogP contribution in [0.25, 0.3) is 0 Å². The summed E-state index contributed by atoms with van der Waals surface area (Å²) >= 11 is 0. The lowest BCUT2D eigenvalue weighted by molar-refractivity contribution is -0.384. The van der Waals surface area contributed by atoms with E-state index in [1.807, 2.05) is 0 Å². The molecule has 1 aliphatic rings. The van der Waals surface area contributed by atoms with Gasteiger partial charge in [0.15, 0.2) is 0 Å². The number of hydrogen-bond donors (Lipinski definition) is 1. The van der Waals surface area contributed by atoms with Gasteiger partial charge in [-0.25, -0.2) is 0 Å². The van der Waals surface area contributed by atoms with Crippen LogP contribution < -0.4 is 5.32 Å². The molecular formula is C11H11F3N2O2. The van der Waals surface area contributed by atoms with Gasteiger partial charge in [-0.1, -0.05) is 0 Å². The van der Waals surface area contributed by atoms with Crippen molar-refractivity contribution in [2.75, 3.05) is 5.32 Å². The minimum Gasteiger partial charge on any atom is -0.377 e. The Bertz CT molecular complexity index is 470. The van der Waals surface area contributed by atoms with Gasteiger partial charge in [-0.3, -0.25) is 10.1 Å². The highest BCUT2D eigenvalue weighted by Crippen LogP contribution is 2.36. The van der Waals surface area contributed by atoms with E-state index in [0.717, 1.165) is 37.5 Å². The monoisotopic (exact) mass is 260 g/mol. The summed E-state index contributed by atoms with van der Waals surface area (Å²) in [6.45, 7) is 0. The number of alkyl halides is 3. The average molecular weight is 260 g/mol. The van der Waals surface area contributed by atoms with Crippen molar-refractivity contribution in [1.82, 2.24) is 0 Å². The Balaban J connectivity index is 2.34. The first-order valence-corrected chi connectivity index (χ1v) is 5.50. The molecular weight excluding hydrogens is 249 g/mol. The molecule has 0 atom stereocenters. The molecule has 0 spiro atoms. The van der Waals surface area contributed by atoms with Crippen LogP contribution in [0.3, 0.4) is 0 Å². The smallest absolute Gasteiger partial charge is 0.377 e. The maximum absolute atomic E-state index is 12.5. The van der Waals surface area contributed by atoms with Crippen LogP contribution in [0.5, 0.6) is 0 Å². The van der Waals surface area contributed by atoms with E-state index in [1.54, 1.807) is 0 Å². The molecule has 1 fully saturated rings. The summed E-state index contributed by atoms with van der Waals surface area (Å²) in [7, 11) is 0. The first-order valence-electron chi connectivity index (χ1n) is 5.50. The van der Waals surface area contributed by atoms with Crippen LogP contribution >= 0.6 is 0 Å². The van der Waals surface area contributed by atoms with Crippen molar-refractivity contribution in [3.63, 3.8) is 0 Å². The largest absolute Gasteiger partial charge is 0.416 e. The quantitative estimate of drug-likeness (QED) is 0.667. The van der Waals surface area contributed by atoms with Crippen molar-refractivity contribution in [3.05, 3.63) is 33.9 Å². The number of halogens is 3. The lowest BCUT2D eigenvalue weighted by atomic mass is 9.93. The van der Waals surface area contributed by atoms with Crippen molar-refractivity contribution in [1.29, 1.82) is 0 Å². The molecule has 4 nitrogen and oxygen atoms in total. The lowest BCUT2D eigenvalue weighted by Gasteiger charge is -2.27. The van der Waals surface area contributed by atoms with Crippen LogP contribution in [0, 0.1) is 10.1 Å². The van der Waals surface area contributed by atoms with Crippen molar-refractivity contribution in [2.24, 2.45) is 0 Å². The van der Waals surface area contributed by atoms with E-state index in [-0.39, 0.29) is 17.4 Å². The number of benzene rings is 1. The highest BCUT2D eigenvalue weighted by atomic mass is 19.4. The van der Waals surface area contributed by atoms with Crippen molar-refractivity contribution in [2.45, 2.75) is 31.5 Å². The third-order valence-corrected chi connectivity index (χ3v) is 2.99. The molecule has 1 saturated carbocycles. The number of nitrogens with zero attached hydrogens (tertiary/aromatic N) is 1. The van der Waals surface area contributed by atoms with Crippen LogP contribution in [0.1, 0.15) is 24.8 Å². The highest BCUT2D eigenvalue weighted by Gasteiger charge is 2.33. The first kappa shape index (κ1) is 12.7. The standard InChI is InChI=1S/C11H11F3N2O2/c12-11(13,14)7-4-5-10(16(17)18)9(6-7)15-8-2-1-3-8/h4-6,8,15H,1-3H2. The van der Waals surface area contributed by atoms with Crippen LogP contribution in [0.15, 0.2) is 18.2 Å². The Hall–Kier alpha value is -1.79. The molecule has 98 valence electrons. The number of nitrogens with one attached hydrogen (secondary N) is 1. The second kappa shape index (κ2) is 4.47. The van der Waals surface area contributed by atoms with Gasteiger partial charge in [0, 0.05) is 12.1 Å². The lowest BCUT2D eigenvalue weighted by Crippen LogP contribution is -2.27. The molecule has 0 aliphatic heterocycles. The van der Waals surface area contributed by atoms with E-state index in [1.165, 1.54) is 0 Å². The molecule has 0 unspecified atom stereocenters. The van der Waals surface area contributed by atoms with Gasteiger partial charge < -0.3 is 5.32 Å². The molecule has 0 saturated heterocycles. The van der Waals surface area contributed by atoms with Gasteiger partial charge in [-0.15, -0.1) is 0 Å². The zero-order valence-electron chi connectivity index (χ0n) is 9.33. The maximum atomic E-state index is 12.5. The van der Waals surface area contributed by atoms with Gasteiger partial charge in [0.1, 0.15) is 5.69 Å². The van der Waals surface area contributed by atoms with Crippen molar-refractivity contribution < 1.29 is 18.1 Å². The summed E-state index contributed by atoms with van der Waals surface area (Å²) in [6.07, 6.45) is -1.85. The van der Waals surface area contributed by atoms with E-state index in [2.05, 4.69) is 5.32 Å². The minimum atomic E-state index is -4.49. The summed E-state index contributed by atoms with van der Waals surface area (Å²) in [6, 6.07) is 2.46. The zero-order valence-corrected chi connectivity index (χ0v) is 9.33. The van der Waals surface area contributed by atoms with Gasteiger partial charge in [0.25, 0.3) is 5.69 Å². The molecule has 1 aliphatic carbocycles. The zero-order chi connectivity index (χ0) is 13.3. The molecule has 0 aromatic heterocycles. The number of nitro benzene ring substituents is 1. The fourth-order valence-corrected chi connectivity index (χ4v) is 1.76. The molecule has 0 bridgehead atoms. The number of rotatable bonds is 3. The Labute approximate surface area is 101 Å². The first-order chi connectivity index (χ1) is 8.38. The number of nitro groups is 1. The van der Waals surface area contributed by atoms with Crippen molar-refractivity contribution >= 4 is 11.4 Å². The topological polar surface area (TPSA) is 55.2 Å². The van der Waals surface area contributed by atoms with Crippen molar-refractivity contribution in [3.8, 4) is 0 Å². The Morgan fingerprint density at radius 1 is 1.33 bits per heavy atom. The molecule has 0 heterocycles. The minimum absolute atomic E-state index is 0.0344. The Morgan fingerprint density at radius 3 is 2.44 bits per heavy atom. The van der Waals surface area contributed by atoms with Gasteiger partial charge in [0.05, 0.1) is 10.5 Å². The van der Waals surface area contributed by atoms with Gasteiger partial charge in [-0.2, -0.15) is 13.2 Å². The second-order valence-corrected chi connectivity index (χ2v) is 4.26. The van der Waals surface area contributed by atoms with Gasteiger partial charge in [0.2, 0.25) is 0 Å². The fraction of sp³-hybridized carbons (Fsp3) is 0.455. The SMILES string of the molecule is O=[N+]([O-])c1ccc(C(F)(F)F)cc1NC1CCC1. The number of hydrogen-bond acceptors (Lipinski definition) is 3. The highest BCUT2D eigenvalue weighted by molar-refractivity contribution is 5.63. The summed E-state index contributed by atoms with van der Waals surface area (Å²) in [5, 5.41) is 13.6. The van der Waals surface area contributed by atoms with Crippen LogP contribution in [0.4, 0.5) is 24.5 Å². The van der Waals surface area contributed by atoms with E-state index < -0.39 is 16.7 Å². The Kier molecular flexibility index (Phi) is 3.14. The molecule has 2 rings (SSSR count). The van der Waals surface area contributed by atoms with E-state index in [9.17, 15) is 23.3 Å². The molecule has 1 N–H and O–H groups in total. The van der Waals surface area contributed by atoms with E-state index >= 15 is 0 Å². The van der Waals surface area contributed by atoms with Gasteiger partial charge >= 0.3 is 6.18 Å². The van der Waals surface area contributed by atoms with Crippen LogP contribution in [0.2, 0.25) is 0 Å². The van der Waals surface area contributed by atoms with Crippen LogP contribution in [-0.2, 0) is 6.18 Å². The third kappa shape index (κ3) is 2.55. The summed E-state index contributed by atoms with van der Waals surface area (Å²) in [5.74, 6) is 0. The summed E-state index contributed by atoms with van der Waals surface area (Å²) in [5.41, 5.74) is -1.26.